The quantitative estimate of drug-likeness (QED) is 0.670. The third kappa shape index (κ3) is 2.74. The van der Waals surface area contributed by atoms with E-state index in [2.05, 4.69) is 16.8 Å². The maximum absolute atomic E-state index is 13.2. The number of hydrogen-bond acceptors (Lipinski definition) is 5. The topological polar surface area (TPSA) is 76.2 Å². The van der Waals surface area contributed by atoms with Crippen molar-refractivity contribution in [2.24, 2.45) is 0 Å². The predicted molar refractivity (Wildman–Crippen MR) is 107 cm³/mol. The van der Waals surface area contributed by atoms with Crippen LogP contribution in [0.25, 0.3) is 16.9 Å². The molecule has 5 rings (SSSR count). The van der Waals surface area contributed by atoms with Gasteiger partial charge in [-0.3, -0.25) is 4.79 Å². The summed E-state index contributed by atoms with van der Waals surface area (Å²) in [5.74, 6) is 0.0422. The molecule has 2 aromatic heterocycles. The number of rotatable bonds is 2. The first-order chi connectivity index (χ1) is 13.2. The minimum absolute atomic E-state index is 0.0422. The van der Waals surface area contributed by atoms with Crippen LogP contribution in [0, 0.1) is 0 Å². The van der Waals surface area contributed by atoms with Gasteiger partial charge in [-0.2, -0.15) is 5.10 Å². The normalized spacial score (nSPS) is 16.1. The van der Waals surface area contributed by atoms with Crippen LogP contribution in [-0.4, -0.2) is 46.8 Å². The van der Waals surface area contributed by atoms with Crippen LogP contribution >= 0.6 is 11.3 Å². The van der Waals surface area contributed by atoms with E-state index < -0.39 is 0 Å². The Morgan fingerprint density at radius 1 is 1.11 bits per heavy atom. The molecule has 3 heterocycles. The lowest BCUT2D eigenvalue weighted by Crippen LogP contribution is -2.46. The summed E-state index contributed by atoms with van der Waals surface area (Å²) in [6, 6.07) is 9.81. The second-order valence-electron chi connectivity index (χ2n) is 6.98. The highest BCUT2D eigenvalue weighted by Gasteiger charge is 2.31. The van der Waals surface area contributed by atoms with Crippen molar-refractivity contribution in [3.8, 4) is 16.9 Å². The highest BCUT2D eigenvalue weighted by atomic mass is 32.1. The monoisotopic (exact) mass is 379 g/mol. The van der Waals surface area contributed by atoms with E-state index >= 15 is 0 Å². The minimum Gasteiger partial charge on any atom is -0.399 e. The molecule has 1 aromatic carbocycles. The van der Waals surface area contributed by atoms with Crippen LogP contribution < -0.4 is 11.1 Å². The van der Waals surface area contributed by atoms with Crippen molar-refractivity contribution in [2.75, 3.05) is 31.9 Å². The van der Waals surface area contributed by atoms with Gasteiger partial charge in [-0.1, -0.05) is 0 Å². The van der Waals surface area contributed by atoms with Gasteiger partial charge in [0.1, 0.15) is 0 Å². The van der Waals surface area contributed by atoms with Gasteiger partial charge in [-0.05, 0) is 48.6 Å². The molecule has 3 N–H and O–H groups in total. The van der Waals surface area contributed by atoms with Crippen molar-refractivity contribution in [3.05, 3.63) is 51.8 Å². The fraction of sp³-hybridized carbons (Fsp3) is 0.300. The zero-order chi connectivity index (χ0) is 18.4. The van der Waals surface area contributed by atoms with E-state index in [-0.39, 0.29) is 5.91 Å². The number of hydrogen-bond donors (Lipinski definition) is 2. The number of aromatic nitrogens is 2. The second kappa shape index (κ2) is 6.51. The maximum Gasteiger partial charge on any atom is 0.274 e. The van der Waals surface area contributed by atoms with Crippen LogP contribution in [0.15, 0.2) is 35.7 Å². The van der Waals surface area contributed by atoms with Gasteiger partial charge >= 0.3 is 0 Å². The van der Waals surface area contributed by atoms with E-state index in [1.54, 1.807) is 11.3 Å². The maximum atomic E-state index is 13.2. The molecule has 2 aliphatic rings. The number of nitrogen functional groups attached to an aromatic ring is 1. The number of piperazine rings is 1. The lowest BCUT2D eigenvalue weighted by molar-refractivity contribution is 0.0728. The molecule has 7 heteroatoms. The molecule has 6 nitrogen and oxygen atoms in total. The Hall–Kier alpha value is -2.64. The molecule has 0 unspecified atom stereocenters. The molecular weight excluding hydrogens is 358 g/mol. The summed E-state index contributed by atoms with van der Waals surface area (Å²) in [6.45, 7) is 3.13. The number of thiophene rings is 1. The zero-order valence-electron chi connectivity index (χ0n) is 14.9. The smallest absolute Gasteiger partial charge is 0.274 e. The van der Waals surface area contributed by atoms with Gasteiger partial charge in [-0.15, -0.1) is 11.3 Å². The van der Waals surface area contributed by atoms with Gasteiger partial charge in [0.15, 0.2) is 5.69 Å². The first-order valence-corrected chi connectivity index (χ1v) is 10.1. The Balaban J connectivity index is 1.66. The van der Waals surface area contributed by atoms with Gasteiger partial charge in [0.25, 0.3) is 5.91 Å². The lowest BCUT2D eigenvalue weighted by Gasteiger charge is -2.27. The Kier molecular flexibility index (Phi) is 3.98. The Morgan fingerprint density at radius 2 is 1.89 bits per heavy atom. The number of nitrogens with two attached hydrogens (primary N) is 1. The molecule has 0 atom stereocenters. The van der Waals surface area contributed by atoms with Gasteiger partial charge in [0.2, 0.25) is 0 Å². The molecular formula is C20H21N5OS. The van der Waals surface area contributed by atoms with Crippen molar-refractivity contribution < 1.29 is 4.79 Å². The van der Waals surface area contributed by atoms with Crippen LogP contribution in [0.1, 0.15) is 20.9 Å². The number of anilines is 1. The average Bonchev–Trinajstić information content (AvgIpc) is 3.33. The van der Waals surface area contributed by atoms with Crippen molar-refractivity contribution in [1.29, 1.82) is 0 Å². The number of fused-ring (bicyclic) bond motifs is 3. The third-order valence-electron chi connectivity index (χ3n) is 5.33. The van der Waals surface area contributed by atoms with Crippen LogP contribution in [0.4, 0.5) is 5.69 Å². The SMILES string of the molecule is Nc1ccc(-n2nc(C(=O)N3CCNCC3)c3c2-c2ccsc2CC3)cc1. The summed E-state index contributed by atoms with van der Waals surface area (Å²) >= 11 is 1.78. The first kappa shape index (κ1) is 16.5. The first-order valence-electron chi connectivity index (χ1n) is 9.27. The summed E-state index contributed by atoms with van der Waals surface area (Å²) in [5, 5.41) is 10.2. The molecule has 1 fully saturated rings. The second-order valence-corrected chi connectivity index (χ2v) is 7.98. The highest BCUT2D eigenvalue weighted by molar-refractivity contribution is 7.10. The number of amides is 1. The zero-order valence-corrected chi connectivity index (χ0v) is 15.8. The molecule has 0 radical (unpaired) electrons. The molecule has 1 amide bonds. The van der Waals surface area contributed by atoms with E-state index in [4.69, 9.17) is 10.8 Å². The highest BCUT2D eigenvalue weighted by Crippen LogP contribution is 2.39. The van der Waals surface area contributed by atoms with Crippen LogP contribution in [0.3, 0.4) is 0 Å². The van der Waals surface area contributed by atoms with Crippen LogP contribution in [0.5, 0.6) is 0 Å². The molecule has 0 spiro atoms. The van der Waals surface area contributed by atoms with E-state index in [9.17, 15) is 4.79 Å². The van der Waals surface area contributed by atoms with Crippen molar-refractivity contribution in [3.63, 3.8) is 0 Å². The van der Waals surface area contributed by atoms with Crippen LogP contribution in [0.2, 0.25) is 0 Å². The van der Waals surface area contributed by atoms with E-state index in [1.165, 1.54) is 10.4 Å². The summed E-state index contributed by atoms with van der Waals surface area (Å²) < 4.78 is 1.93. The summed E-state index contributed by atoms with van der Waals surface area (Å²) in [4.78, 5) is 16.5. The summed E-state index contributed by atoms with van der Waals surface area (Å²) in [7, 11) is 0. The van der Waals surface area contributed by atoms with Crippen LogP contribution in [-0.2, 0) is 12.8 Å². The largest absolute Gasteiger partial charge is 0.399 e. The van der Waals surface area contributed by atoms with Crippen molar-refractivity contribution in [1.82, 2.24) is 20.0 Å². The van der Waals surface area contributed by atoms with Crippen molar-refractivity contribution in [2.45, 2.75) is 12.8 Å². The van der Waals surface area contributed by atoms with Crippen molar-refractivity contribution >= 4 is 22.9 Å². The van der Waals surface area contributed by atoms with E-state index in [1.807, 2.05) is 33.8 Å². The fourth-order valence-corrected chi connectivity index (χ4v) is 4.82. The molecule has 1 saturated heterocycles. The molecule has 1 aliphatic carbocycles. The van der Waals surface area contributed by atoms with E-state index in [0.717, 1.165) is 56.0 Å². The lowest BCUT2D eigenvalue weighted by atomic mass is 9.94. The fourth-order valence-electron chi connectivity index (χ4n) is 3.94. The average molecular weight is 379 g/mol. The van der Waals surface area contributed by atoms with E-state index in [0.29, 0.717) is 11.4 Å². The molecule has 27 heavy (non-hydrogen) atoms. The predicted octanol–water partition coefficient (Wildman–Crippen LogP) is 2.33. The number of nitrogens with one attached hydrogen (secondary N) is 1. The molecule has 1 aliphatic heterocycles. The third-order valence-corrected chi connectivity index (χ3v) is 6.31. The standard InChI is InChI=1S/C20H21N5OS/c21-13-1-3-14(4-2-13)25-19-15-7-12-27-17(15)6-5-16(19)18(23-25)20(26)24-10-8-22-9-11-24/h1-4,7,12,22H,5-6,8-11,21H2. The molecule has 0 saturated carbocycles. The Bertz CT molecular complexity index is 998. The Labute approximate surface area is 161 Å². The number of carbonyl (C=O) groups is 1. The Morgan fingerprint density at radius 3 is 2.67 bits per heavy atom. The molecule has 138 valence electrons. The molecule has 3 aromatic rings. The number of carbonyl (C=O) groups excluding carboxylic acids is 1. The number of aryl methyl sites for hydroxylation is 1. The van der Waals surface area contributed by atoms with Gasteiger partial charge in [0, 0.05) is 47.9 Å². The number of nitrogens with zero attached hydrogens (tertiary/aromatic N) is 3. The van der Waals surface area contributed by atoms with Gasteiger partial charge < -0.3 is 16.0 Å². The summed E-state index contributed by atoms with van der Waals surface area (Å²) in [6.07, 6.45) is 1.82. The van der Waals surface area contributed by atoms with Gasteiger partial charge in [-0.25, -0.2) is 4.68 Å². The minimum atomic E-state index is 0.0422. The molecule has 0 bridgehead atoms. The summed E-state index contributed by atoms with van der Waals surface area (Å²) in [5.41, 5.74) is 11.4. The number of benzene rings is 1. The van der Waals surface area contributed by atoms with Gasteiger partial charge in [0.05, 0.1) is 11.4 Å².